The van der Waals surface area contributed by atoms with Gasteiger partial charge in [-0.2, -0.15) is 0 Å². The molecule has 0 aliphatic rings. The third-order valence-electron chi connectivity index (χ3n) is 3.48. The predicted molar refractivity (Wildman–Crippen MR) is 77.8 cm³/mol. The summed E-state index contributed by atoms with van der Waals surface area (Å²) >= 11 is 0. The van der Waals surface area contributed by atoms with E-state index in [9.17, 15) is 0 Å². The summed E-state index contributed by atoms with van der Waals surface area (Å²) in [5, 5.41) is 2.55. The monoisotopic (exact) mass is 242 g/mol. The topological polar surface area (TPSA) is 38.9 Å². The lowest BCUT2D eigenvalue weighted by Gasteiger charge is -2.12. The van der Waals surface area contributed by atoms with Gasteiger partial charge in [0.1, 0.15) is 0 Å². The number of fused-ring (bicyclic) bond motifs is 1. The van der Waals surface area contributed by atoms with Crippen molar-refractivity contribution in [2.45, 2.75) is 33.1 Å². The van der Waals surface area contributed by atoms with Crippen LogP contribution < -0.4 is 5.73 Å². The Morgan fingerprint density at radius 1 is 1.17 bits per heavy atom. The number of nitrogens with two attached hydrogens (primary N) is 1. The molecule has 1 aromatic heterocycles. The van der Waals surface area contributed by atoms with Crippen LogP contribution in [0, 0.1) is 5.92 Å². The van der Waals surface area contributed by atoms with Crippen LogP contribution in [-0.4, -0.2) is 11.5 Å². The molecule has 0 radical (unpaired) electrons. The lowest BCUT2D eigenvalue weighted by Crippen LogP contribution is -2.14. The fourth-order valence-electron chi connectivity index (χ4n) is 2.18. The number of hydrogen-bond donors (Lipinski definition) is 1. The SMILES string of the molecule is CC(CN)Cc1nccc2ccc(C(C)C)cc12. The van der Waals surface area contributed by atoms with Gasteiger partial charge in [0.05, 0.1) is 0 Å². The van der Waals surface area contributed by atoms with E-state index < -0.39 is 0 Å². The fourth-order valence-corrected chi connectivity index (χ4v) is 2.18. The van der Waals surface area contributed by atoms with E-state index >= 15 is 0 Å². The molecule has 0 spiro atoms. The lowest BCUT2D eigenvalue weighted by molar-refractivity contribution is 0.587. The highest BCUT2D eigenvalue weighted by Crippen LogP contribution is 2.24. The minimum absolute atomic E-state index is 0.478. The summed E-state index contributed by atoms with van der Waals surface area (Å²) in [4.78, 5) is 4.54. The summed E-state index contributed by atoms with van der Waals surface area (Å²) in [7, 11) is 0. The Labute approximate surface area is 109 Å². The second kappa shape index (κ2) is 5.49. The molecule has 1 aromatic carbocycles. The van der Waals surface area contributed by atoms with Gasteiger partial charge in [-0.15, -0.1) is 0 Å². The van der Waals surface area contributed by atoms with Gasteiger partial charge in [-0.25, -0.2) is 0 Å². The average molecular weight is 242 g/mol. The Kier molecular flexibility index (Phi) is 3.97. The van der Waals surface area contributed by atoms with E-state index in [1.165, 1.54) is 22.0 Å². The highest BCUT2D eigenvalue weighted by molar-refractivity contribution is 5.85. The van der Waals surface area contributed by atoms with Crippen LogP contribution in [0.1, 0.15) is 37.9 Å². The molecule has 0 saturated carbocycles. The Balaban J connectivity index is 2.48. The molecule has 0 amide bonds. The molecule has 96 valence electrons. The molecule has 2 rings (SSSR count). The molecule has 2 nitrogen and oxygen atoms in total. The molecule has 1 heterocycles. The van der Waals surface area contributed by atoms with Crippen molar-refractivity contribution in [2.24, 2.45) is 11.7 Å². The van der Waals surface area contributed by atoms with Crippen molar-refractivity contribution in [1.82, 2.24) is 4.98 Å². The van der Waals surface area contributed by atoms with E-state index in [-0.39, 0.29) is 0 Å². The first-order valence-electron chi connectivity index (χ1n) is 6.69. The van der Waals surface area contributed by atoms with E-state index in [2.05, 4.69) is 50.0 Å². The van der Waals surface area contributed by atoms with Gasteiger partial charge in [-0.1, -0.05) is 32.9 Å². The van der Waals surface area contributed by atoms with Crippen molar-refractivity contribution < 1.29 is 0 Å². The molecule has 0 aliphatic carbocycles. The molecule has 2 heteroatoms. The lowest BCUT2D eigenvalue weighted by atomic mass is 9.96. The first kappa shape index (κ1) is 13.0. The zero-order valence-corrected chi connectivity index (χ0v) is 11.5. The number of benzene rings is 1. The maximum atomic E-state index is 5.71. The van der Waals surface area contributed by atoms with E-state index in [4.69, 9.17) is 5.73 Å². The van der Waals surface area contributed by atoms with E-state index in [1.54, 1.807) is 0 Å². The van der Waals surface area contributed by atoms with E-state index in [1.807, 2.05) is 6.20 Å². The molecule has 0 fully saturated rings. The number of pyridine rings is 1. The molecule has 0 bridgehead atoms. The van der Waals surface area contributed by atoms with Gasteiger partial charge in [0.15, 0.2) is 0 Å². The van der Waals surface area contributed by atoms with Crippen LogP contribution in [0.4, 0.5) is 0 Å². The van der Waals surface area contributed by atoms with Crippen molar-refractivity contribution in [3.05, 3.63) is 41.7 Å². The minimum atomic E-state index is 0.478. The van der Waals surface area contributed by atoms with Gasteiger partial charge >= 0.3 is 0 Å². The van der Waals surface area contributed by atoms with Crippen LogP contribution in [-0.2, 0) is 6.42 Å². The van der Waals surface area contributed by atoms with Crippen LogP contribution in [0.2, 0.25) is 0 Å². The van der Waals surface area contributed by atoms with Gasteiger partial charge in [0.2, 0.25) is 0 Å². The third-order valence-corrected chi connectivity index (χ3v) is 3.48. The molecule has 0 aliphatic heterocycles. The molecular weight excluding hydrogens is 220 g/mol. The summed E-state index contributed by atoms with van der Waals surface area (Å²) in [5.41, 5.74) is 8.26. The Hall–Kier alpha value is -1.41. The molecule has 1 atom stereocenters. The second-order valence-electron chi connectivity index (χ2n) is 5.44. The number of nitrogens with zero attached hydrogens (tertiary/aromatic N) is 1. The summed E-state index contributed by atoms with van der Waals surface area (Å²) in [6.07, 6.45) is 2.85. The normalized spacial score (nSPS) is 13.2. The molecule has 18 heavy (non-hydrogen) atoms. The van der Waals surface area contributed by atoms with E-state index in [0.29, 0.717) is 18.4 Å². The van der Waals surface area contributed by atoms with Crippen LogP contribution >= 0.6 is 0 Å². The summed E-state index contributed by atoms with van der Waals surface area (Å²) in [6, 6.07) is 8.77. The smallest absolute Gasteiger partial charge is 0.0485 e. The second-order valence-corrected chi connectivity index (χ2v) is 5.44. The van der Waals surface area contributed by atoms with Gasteiger partial charge in [-0.05, 0) is 47.9 Å². The summed E-state index contributed by atoms with van der Waals surface area (Å²) in [5.74, 6) is 1.03. The van der Waals surface area contributed by atoms with Crippen LogP contribution in [0.5, 0.6) is 0 Å². The molecule has 0 saturated heterocycles. The first-order chi connectivity index (χ1) is 8.61. The number of rotatable bonds is 4. The standard InChI is InChI=1S/C16H22N2/c1-11(2)14-5-4-13-6-7-18-16(15(13)9-14)8-12(3)10-17/h4-7,9,11-12H,8,10,17H2,1-3H3. The molecule has 2 N–H and O–H groups in total. The van der Waals surface area contributed by atoms with Crippen LogP contribution in [0.3, 0.4) is 0 Å². The van der Waals surface area contributed by atoms with Gasteiger partial charge in [0, 0.05) is 17.3 Å². The maximum absolute atomic E-state index is 5.71. The number of aromatic nitrogens is 1. The molecular formula is C16H22N2. The molecule has 2 aromatic rings. The van der Waals surface area contributed by atoms with Gasteiger partial charge in [0.25, 0.3) is 0 Å². The average Bonchev–Trinajstić information content (AvgIpc) is 2.38. The van der Waals surface area contributed by atoms with Crippen molar-refractivity contribution in [1.29, 1.82) is 0 Å². The Morgan fingerprint density at radius 3 is 2.61 bits per heavy atom. The van der Waals surface area contributed by atoms with Gasteiger partial charge < -0.3 is 5.73 Å². The van der Waals surface area contributed by atoms with Crippen molar-refractivity contribution in [3.8, 4) is 0 Å². The van der Waals surface area contributed by atoms with Crippen molar-refractivity contribution >= 4 is 10.8 Å². The highest BCUT2D eigenvalue weighted by Gasteiger charge is 2.08. The summed E-state index contributed by atoms with van der Waals surface area (Å²) < 4.78 is 0. The van der Waals surface area contributed by atoms with E-state index in [0.717, 1.165) is 6.42 Å². The summed E-state index contributed by atoms with van der Waals surface area (Å²) in [6.45, 7) is 7.33. The van der Waals surface area contributed by atoms with Crippen molar-refractivity contribution in [3.63, 3.8) is 0 Å². The zero-order chi connectivity index (χ0) is 13.1. The maximum Gasteiger partial charge on any atom is 0.0485 e. The molecule has 1 unspecified atom stereocenters. The van der Waals surface area contributed by atoms with Crippen LogP contribution in [0.25, 0.3) is 10.8 Å². The van der Waals surface area contributed by atoms with Crippen LogP contribution in [0.15, 0.2) is 30.5 Å². The minimum Gasteiger partial charge on any atom is -0.330 e. The first-order valence-corrected chi connectivity index (χ1v) is 6.69. The fraction of sp³-hybridized carbons (Fsp3) is 0.438. The zero-order valence-electron chi connectivity index (χ0n) is 11.5. The van der Waals surface area contributed by atoms with Gasteiger partial charge in [-0.3, -0.25) is 4.98 Å². The Morgan fingerprint density at radius 2 is 1.94 bits per heavy atom. The predicted octanol–water partition coefficient (Wildman–Crippen LogP) is 3.50. The number of hydrogen-bond acceptors (Lipinski definition) is 2. The quantitative estimate of drug-likeness (QED) is 0.891. The third kappa shape index (κ3) is 2.70. The largest absolute Gasteiger partial charge is 0.330 e. The highest BCUT2D eigenvalue weighted by atomic mass is 14.7. The Bertz CT molecular complexity index is 532. The van der Waals surface area contributed by atoms with Crippen molar-refractivity contribution in [2.75, 3.05) is 6.54 Å².